The molecule has 0 aliphatic carbocycles. The molecule has 204 valence electrons. The summed E-state index contributed by atoms with van der Waals surface area (Å²) in [6, 6.07) is 8.75. The Kier molecular flexibility index (Phi) is 10.9. The summed E-state index contributed by atoms with van der Waals surface area (Å²) in [6.07, 6.45) is 5.25. The second-order valence-corrected chi connectivity index (χ2v) is 9.24. The fourth-order valence-electron chi connectivity index (χ4n) is 4.06. The molecule has 3 N–H and O–H groups in total. The minimum atomic E-state index is -0.360. The SMILES string of the molecule is COCCN=CC(=CN)c1cnc(C(=O)NCc2ccc(Cl)cc2)cc1O[C@H]1CCN(C(=O)OC)[C@H](C)C1. The van der Waals surface area contributed by atoms with Gasteiger partial charge in [0.15, 0.2) is 0 Å². The number of amides is 2. The number of carbonyl (C=O) groups is 2. The van der Waals surface area contributed by atoms with Gasteiger partial charge in [0.25, 0.3) is 5.91 Å². The van der Waals surface area contributed by atoms with Gasteiger partial charge in [0.05, 0.1) is 20.3 Å². The Morgan fingerprint density at radius 2 is 2.05 bits per heavy atom. The predicted molar refractivity (Wildman–Crippen MR) is 146 cm³/mol. The van der Waals surface area contributed by atoms with Crippen LogP contribution in [0.2, 0.25) is 5.02 Å². The highest BCUT2D eigenvalue weighted by atomic mass is 35.5. The Bertz CT molecular complexity index is 1160. The lowest BCUT2D eigenvalue weighted by molar-refractivity contribution is 0.0518. The van der Waals surface area contributed by atoms with Gasteiger partial charge in [-0.3, -0.25) is 14.8 Å². The van der Waals surface area contributed by atoms with Crippen LogP contribution in [0.4, 0.5) is 4.79 Å². The van der Waals surface area contributed by atoms with Gasteiger partial charge in [-0.2, -0.15) is 0 Å². The Hall–Kier alpha value is -3.63. The van der Waals surface area contributed by atoms with Crippen molar-refractivity contribution in [2.75, 3.05) is 33.9 Å². The van der Waals surface area contributed by atoms with Crippen molar-refractivity contribution < 1.29 is 23.8 Å². The van der Waals surface area contributed by atoms with Gasteiger partial charge in [-0.25, -0.2) is 4.79 Å². The number of likely N-dealkylation sites (tertiary alicyclic amines) is 1. The third kappa shape index (κ3) is 7.93. The van der Waals surface area contributed by atoms with E-state index >= 15 is 0 Å². The van der Waals surface area contributed by atoms with Gasteiger partial charge in [0, 0.05) is 79.9 Å². The number of ether oxygens (including phenoxy) is 3. The number of nitrogens with one attached hydrogen (secondary N) is 1. The molecule has 0 saturated carbocycles. The van der Waals surface area contributed by atoms with E-state index in [9.17, 15) is 9.59 Å². The van der Waals surface area contributed by atoms with Gasteiger partial charge >= 0.3 is 6.09 Å². The third-order valence-electron chi connectivity index (χ3n) is 6.14. The standard InChI is InChI=1S/C27H34ClN5O5/c1-18-12-22(8-10-33(18)27(35)37-3)38-25-13-24(26(34)32-15-19-4-6-21(28)7-5-19)31-17-23(25)20(14-29)16-30-9-11-36-2/h4-7,13-14,16-18,22H,8-12,15,29H2,1-3H3,(H,32,34)/t18-,22+/m1/s1. The molecule has 1 aromatic heterocycles. The van der Waals surface area contributed by atoms with E-state index in [0.717, 1.165) is 5.56 Å². The number of methoxy groups -OCH3 is 2. The maximum atomic E-state index is 12.9. The Morgan fingerprint density at radius 1 is 1.29 bits per heavy atom. The van der Waals surface area contributed by atoms with Crippen molar-refractivity contribution in [2.45, 2.75) is 38.5 Å². The summed E-state index contributed by atoms with van der Waals surface area (Å²) in [5, 5.41) is 3.50. The van der Waals surface area contributed by atoms with E-state index in [4.69, 9.17) is 31.5 Å². The molecule has 0 spiro atoms. The topological polar surface area (TPSA) is 128 Å². The van der Waals surface area contributed by atoms with Crippen molar-refractivity contribution in [3.8, 4) is 5.75 Å². The highest BCUT2D eigenvalue weighted by molar-refractivity contribution is 6.30. The van der Waals surface area contributed by atoms with Crippen LogP contribution in [0.25, 0.3) is 5.57 Å². The number of carbonyl (C=O) groups excluding carboxylic acids is 2. The molecule has 1 aromatic carbocycles. The van der Waals surface area contributed by atoms with Crippen molar-refractivity contribution in [3.05, 3.63) is 64.6 Å². The summed E-state index contributed by atoms with van der Waals surface area (Å²) in [5.74, 6) is 0.104. The number of nitrogens with zero attached hydrogens (tertiary/aromatic N) is 3. The molecule has 1 aliphatic rings. The monoisotopic (exact) mass is 543 g/mol. The lowest BCUT2D eigenvalue weighted by Gasteiger charge is -2.36. The van der Waals surface area contributed by atoms with Crippen LogP contribution >= 0.6 is 11.6 Å². The minimum absolute atomic E-state index is 0.0752. The summed E-state index contributed by atoms with van der Waals surface area (Å²) < 4.78 is 16.3. The summed E-state index contributed by atoms with van der Waals surface area (Å²) in [5.41, 5.74) is 8.22. The van der Waals surface area contributed by atoms with Crippen molar-refractivity contribution in [3.63, 3.8) is 0 Å². The van der Waals surface area contributed by atoms with Crippen LogP contribution in [-0.2, 0) is 16.0 Å². The first-order valence-electron chi connectivity index (χ1n) is 12.3. The number of hydrogen-bond donors (Lipinski definition) is 2. The molecule has 1 saturated heterocycles. The molecule has 38 heavy (non-hydrogen) atoms. The number of nitrogens with two attached hydrogens (primary N) is 1. The maximum absolute atomic E-state index is 12.9. The largest absolute Gasteiger partial charge is 0.489 e. The number of aliphatic imine (C=N–C) groups is 1. The number of pyridine rings is 1. The van der Waals surface area contributed by atoms with Gasteiger partial charge in [-0.05, 0) is 24.6 Å². The van der Waals surface area contributed by atoms with Crippen LogP contribution in [-0.4, -0.2) is 74.2 Å². The van der Waals surface area contributed by atoms with Gasteiger partial charge in [-0.15, -0.1) is 0 Å². The average molecular weight is 544 g/mol. The molecule has 2 amide bonds. The van der Waals surface area contributed by atoms with Crippen LogP contribution < -0.4 is 15.8 Å². The number of allylic oxidation sites excluding steroid dienone is 1. The fraction of sp³-hybridized carbons (Fsp3) is 0.407. The summed E-state index contributed by atoms with van der Waals surface area (Å²) in [6.45, 7) is 3.69. The molecule has 3 rings (SSSR count). The Balaban J connectivity index is 1.82. The second-order valence-electron chi connectivity index (χ2n) is 8.80. The van der Waals surface area contributed by atoms with Gasteiger partial charge in [-0.1, -0.05) is 23.7 Å². The molecule has 1 aliphatic heterocycles. The average Bonchev–Trinajstić information content (AvgIpc) is 2.92. The number of aromatic nitrogens is 1. The zero-order valence-electron chi connectivity index (χ0n) is 21.9. The number of rotatable bonds is 10. The Morgan fingerprint density at radius 3 is 2.71 bits per heavy atom. The first-order valence-corrected chi connectivity index (χ1v) is 12.7. The van der Waals surface area contributed by atoms with Crippen LogP contribution in [0.15, 0.2) is 47.7 Å². The summed E-state index contributed by atoms with van der Waals surface area (Å²) in [4.78, 5) is 35.4. The second kappa shape index (κ2) is 14.3. The lowest BCUT2D eigenvalue weighted by atomic mass is 10.0. The Labute approximate surface area is 227 Å². The molecule has 2 aromatic rings. The number of halogens is 1. The third-order valence-corrected chi connectivity index (χ3v) is 6.39. The molecule has 1 fully saturated rings. The van der Waals surface area contributed by atoms with Crippen LogP contribution in [0.3, 0.4) is 0 Å². The smallest absolute Gasteiger partial charge is 0.409 e. The van der Waals surface area contributed by atoms with E-state index in [2.05, 4.69) is 15.3 Å². The number of benzene rings is 1. The minimum Gasteiger partial charge on any atom is -0.489 e. The normalized spacial score (nSPS) is 17.9. The van der Waals surface area contributed by atoms with Crippen molar-refractivity contribution >= 4 is 35.4 Å². The maximum Gasteiger partial charge on any atom is 0.409 e. The molecule has 0 radical (unpaired) electrons. The van der Waals surface area contributed by atoms with Crippen molar-refractivity contribution in [1.29, 1.82) is 0 Å². The molecule has 2 heterocycles. The predicted octanol–water partition coefficient (Wildman–Crippen LogP) is 3.68. The zero-order chi connectivity index (χ0) is 27.5. The summed E-state index contributed by atoms with van der Waals surface area (Å²) >= 11 is 5.94. The molecule has 2 atom stereocenters. The van der Waals surface area contributed by atoms with E-state index in [0.29, 0.717) is 61.0 Å². The van der Waals surface area contributed by atoms with E-state index in [1.807, 2.05) is 19.1 Å². The molecule has 11 heteroatoms. The van der Waals surface area contributed by atoms with Gasteiger partial charge < -0.3 is 30.2 Å². The first kappa shape index (κ1) is 28.9. The van der Waals surface area contributed by atoms with E-state index in [1.165, 1.54) is 13.3 Å². The molecule has 0 bridgehead atoms. The quantitative estimate of drug-likeness (QED) is 0.345. The van der Waals surface area contributed by atoms with Crippen molar-refractivity contribution in [2.24, 2.45) is 10.7 Å². The fourth-order valence-corrected chi connectivity index (χ4v) is 4.19. The molecule has 0 unspecified atom stereocenters. The zero-order valence-corrected chi connectivity index (χ0v) is 22.6. The van der Waals surface area contributed by atoms with Crippen LogP contribution in [0.5, 0.6) is 5.75 Å². The van der Waals surface area contributed by atoms with Crippen LogP contribution in [0.1, 0.15) is 41.4 Å². The summed E-state index contributed by atoms with van der Waals surface area (Å²) in [7, 11) is 2.98. The van der Waals surface area contributed by atoms with Gasteiger partial charge in [0.2, 0.25) is 0 Å². The van der Waals surface area contributed by atoms with E-state index < -0.39 is 0 Å². The highest BCUT2D eigenvalue weighted by Gasteiger charge is 2.31. The molecular weight excluding hydrogens is 510 g/mol. The van der Waals surface area contributed by atoms with Gasteiger partial charge in [0.1, 0.15) is 17.5 Å². The van der Waals surface area contributed by atoms with Crippen LogP contribution in [0, 0.1) is 0 Å². The van der Waals surface area contributed by atoms with E-state index in [-0.39, 0.29) is 29.8 Å². The number of hydrogen-bond acceptors (Lipinski definition) is 8. The van der Waals surface area contributed by atoms with Crippen molar-refractivity contribution in [1.82, 2.24) is 15.2 Å². The lowest BCUT2D eigenvalue weighted by Crippen LogP contribution is -2.47. The molecule has 10 nitrogen and oxygen atoms in total. The molecular formula is C27H34ClN5O5. The number of piperidine rings is 1. The highest BCUT2D eigenvalue weighted by Crippen LogP contribution is 2.30. The van der Waals surface area contributed by atoms with E-state index in [1.54, 1.807) is 42.6 Å². The first-order chi connectivity index (χ1) is 18.4.